The maximum absolute atomic E-state index is 13.9. The van der Waals surface area contributed by atoms with Crippen LogP contribution in [0.4, 0.5) is 23.2 Å². The van der Waals surface area contributed by atoms with Gasteiger partial charge in [-0.25, -0.2) is 9.29 Å². The summed E-state index contributed by atoms with van der Waals surface area (Å²) in [5.74, 6) is -2.97. The Hall–Kier alpha value is -2.90. The molecule has 0 N–H and O–H groups in total. The Labute approximate surface area is 133 Å². The first-order valence-electron chi connectivity index (χ1n) is 6.75. The van der Waals surface area contributed by atoms with Crippen molar-refractivity contribution in [1.82, 2.24) is 0 Å². The number of hydrogen-bond acceptors (Lipinski definition) is 3. The van der Waals surface area contributed by atoms with Crippen molar-refractivity contribution < 1.29 is 31.9 Å². The second-order valence-electron chi connectivity index (χ2n) is 5.01. The van der Waals surface area contributed by atoms with Crippen LogP contribution < -0.4 is 9.64 Å². The van der Waals surface area contributed by atoms with Crippen LogP contribution in [-0.4, -0.2) is 24.6 Å². The summed E-state index contributed by atoms with van der Waals surface area (Å²) in [6.45, 7) is -1.64. The number of ether oxygens (including phenoxy) is 1. The molecule has 2 aromatic rings. The van der Waals surface area contributed by atoms with E-state index in [0.717, 1.165) is 23.1 Å². The molecule has 0 saturated carbocycles. The van der Waals surface area contributed by atoms with Gasteiger partial charge in [-0.15, -0.1) is 0 Å². The number of amides is 2. The van der Waals surface area contributed by atoms with Crippen LogP contribution in [0.15, 0.2) is 42.5 Å². The number of fused-ring (bicyclic) bond motifs is 1. The molecule has 0 saturated heterocycles. The average molecular weight is 339 g/mol. The van der Waals surface area contributed by atoms with Gasteiger partial charge in [-0.2, -0.15) is 13.2 Å². The second-order valence-corrected chi connectivity index (χ2v) is 5.01. The molecule has 0 radical (unpaired) electrons. The highest BCUT2D eigenvalue weighted by molar-refractivity contribution is 6.34. The van der Waals surface area contributed by atoms with Crippen LogP contribution in [0.3, 0.4) is 0 Å². The molecule has 0 aliphatic carbocycles. The summed E-state index contributed by atoms with van der Waals surface area (Å²) in [6.07, 6.45) is -4.60. The molecule has 24 heavy (non-hydrogen) atoms. The lowest BCUT2D eigenvalue weighted by atomic mass is 10.1. The van der Waals surface area contributed by atoms with Crippen LogP contribution in [0.25, 0.3) is 0 Å². The molecular formula is C16H9F4NO3. The Morgan fingerprint density at radius 2 is 1.54 bits per heavy atom. The Bertz CT molecular complexity index is 797. The molecular weight excluding hydrogens is 330 g/mol. The zero-order chi connectivity index (χ0) is 17.5. The first-order chi connectivity index (χ1) is 11.3. The van der Waals surface area contributed by atoms with Crippen LogP contribution >= 0.6 is 0 Å². The molecule has 124 valence electrons. The topological polar surface area (TPSA) is 46.6 Å². The standard InChI is InChI=1S/C16H9F4NO3/c17-12-7-9(5-6-13(12)24-8-16(18,19)20)21-14(22)10-3-1-2-4-11(10)15(21)23/h1-7H,8H2. The molecule has 3 rings (SSSR count). The van der Waals surface area contributed by atoms with Crippen LogP contribution in [0.2, 0.25) is 0 Å². The summed E-state index contributed by atoms with van der Waals surface area (Å²) in [7, 11) is 0. The quantitative estimate of drug-likeness (QED) is 0.634. The molecule has 0 atom stereocenters. The van der Waals surface area contributed by atoms with Gasteiger partial charge < -0.3 is 4.74 Å². The van der Waals surface area contributed by atoms with Crippen LogP contribution in [0.1, 0.15) is 20.7 Å². The molecule has 2 amide bonds. The van der Waals surface area contributed by atoms with Gasteiger partial charge in [0, 0.05) is 6.07 Å². The normalized spacial score (nSPS) is 14.1. The molecule has 0 unspecified atom stereocenters. The third-order valence-electron chi connectivity index (χ3n) is 3.36. The van der Waals surface area contributed by atoms with Gasteiger partial charge in [0.15, 0.2) is 18.2 Å². The van der Waals surface area contributed by atoms with Gasteiger partial charge in [-0.1, -0.05) is 12.1 Å². The van der Waals surface area contributed by atoms with Crippen LogP contribution in [0, 0.1) is 5.82 Å². The van der Waals surface area contributed by atoms with Crippen LogP contribution in [-0.2, 0) is 0 Å². The molecule has 0 fully saturated rings. The van der Waals surface area contributed by atoms with Gasteiger partial charge in [0.2, 0.25) is 0 Å². The van der Waals surface area contributed by atoms with Gasteiger partial charge in [-0.05, 0) is 24.3 Å². The van der Waals surface area contributed by atoms with E-state index >= 15 is 0 Å². The smallest absolute Gasteiger partial charge is 0.422 e. The largest absolute Gasteiger partial charge is 0.481 e. The van der Waals surface area contributed by atoms with Crippen molar-refractivity contribution in [2.45, 2.75) is 6.18 Å². The van der Waals surface area contributed by atoms with E-state index in [9.17, 15) is 27.2 Å². The zero-order valence-electron chi connectivity index (χ0n) is 11.9. The van der Waals surface area contributed by atoms with Gasteiger partial charge in [0.1, 0.15) is 0 Å². The molecule has 0 spiro atoms. The van der Waals surface area contributed by atoms with Crippen molar-refractivity contribution >= 4 is 17.5 Å². The SMILES string of the molecule is O=C1c2ccccc2C(=O)N1c1ccc(OCC(F)(F)F)c(F)c1. The lowest BCUT2D eigenvalue weighted by molar-refractivity contribution is -0.153. The predicted molar refractivity (Wildman–Crippen MR) is 75.5 cm³/mol. The fourth-order valence-corrected chi connectivity index (χ4v) is 2.33. The monoisotopic (exact) mass is 339 g/mol. The van der Waals surface area contributed by atoms with Gasteiger partial charge in [0.05, 0.1) is 16.8 Å². The van der Waals surface area contributed by atoms with E-state index in [-0.39, 0.29) is 16.8 Å². The minimum Gasteiger partial charge on any atom is -0.481 e. The lowest BCUT2D eigenvalue weighted by Gasteiger charge is -2.15. The summed E-state index contributed by atoms with van der Waals surface area (Å²) >= 11 is 0. The summed E-state index contributed by atoms with van der Waals surface area (Å²) < 4.78 is 54.6. The van der Waals surface area contributed by atoms with E-state index in [4.69, 9.17) is 0 Å². The Morgan fingerprint density at radius 3 is 2.04 bits per heavy atom. The van der Waals surface area contributed by atoms with Crippen molar-refractivity contribution in [3.8, 4) is 5.75 Å². The minimum absolute atomic E-state index is 0.0851. The maximum atomic E-state index is 13.9. The van der Waals surface area contributed by atoms with Gasteiger partial charge in [0.25, 0.3) is 11.8 Å². The third-order valence-corrected chi connectivity index (χ3v) is 3.36. The summed E-state index contributed by atoms with van der Waals surface area (Å²) in [6, 6.07) is 8.98. The number of anilines is 1. The van der Waals surface area contributed by atoms with Gasteiger partial charge >= 0.3 is 6.18 Å². The maximum Gasteiger partial charge on any atom is 0.422 e. The van der Waals surface area contributed by atoms with E-state index in [1.54, 1.807) is 12.1 Å². The molecule has 0 bridgehead atoms. The number of alkyl halides is 3. The summed E-state index contributed by atoms with van der Waals surface area (Å²) in [4.78, 5) is 25.3. The Morgan fingerprint density at radius 1 is 0.958 bits per heavy atom. The lowest BCUT2D eigenvalue weighted by Crippen LogP contribution is -2.29. The highest BCUT2D eigenvalue weighted by atomic mass is 19.4. The van der Waals surface area contributed by atoms with E-state index in [1.807, 2.05) is 0 Å². The number of carbonyl (C=O) groups is 2. The first-order valence-corrected chi connectivity index (χ1v) is 6.75. The van der Waals surface area contributed by atoms with E-state index in [0.29, 0.717) is 0 Å². The third kappa shape index (κ3) is 2.82. The molecule has 2 aromatic carbocycles. The summed E-state index contributed by atoms with van der Waals surface area (Å²) in [5.41, 5.74) is 0.277. The van der Waals surface area contributed by atoms with Crippen molar-refractivity contribution in [1.29, 1.82) is 0 Å². The number of carbonyl (C=O) groups excluding carboxylic acids is 2. The number of benzene rings is 2. The minimum atomic E-state index is -4.60. The highest BCUT2D eigenvalue weighted by Gasteiger charge is 2.36. The molecule has 8 heteroatoms. The van der Waals surface area contributed by atoms with Crippen LogP contribution in [0.5, 0.6) is 5.75 Å². The number of rotatable bonds is 3. The van der Waals surface area contributed by atoms with Crippen molar-refractivity contribution in [3.63, 3.8) is 0 Å². The summed E-state index contributed by atoms with van der Waals surface area (Å²) in [5, 5.41) is 0. The molecule has 0 aromatic heterocycles. The number of imide groups is 1. The second kappa shape index (κ2) is 5.63. The van der Waals surface area contributed by atoms with E-state index < -0.39 is 36.2 Å². The zero-order valence-corrected chi connectivity index (χ0v) is 11.9. The van der Waals surface area contributed by atoms with E-state index in [2.05, 4.69) is 4.74 Å². The van der Waals surface area contributed by atoms with E-state index in [1.165, 1.54) is 12.1 Å². The van der Waals surface area contributed by atoms with Crippen molar-refractivity contribution in [2.75, 3.05) is 11.5 Å². The molecule has 1 aliphatic rings. The average Bonchev–Trinajstić information content (AvgIpc) is 2.77. The molecule has 4 nitrogen and oxygen atoms in total. The number of hydrogen-bond donors (Lipinski definition) is 0. The number of nitrogens with zero attached hydrogens (tertiary/aromatic N) is 1. The predicted octanol–water partition coefficient (Wildman–Crippen LogP) is 3.57. The van der Waals surface area contributed by atoms with Gasteiger partial charge in [-0.3, -0.25) is 9.59 Å². The van der Waals surface area contributed by atoms with Crippen molar-refractivity contribution in [3.05, 3.63) is 59.4 Å². The highest BCUT2D eigenvalue weighted by Crippen LogP contribution is 2.31. The Kier molecular flexibility index (Phi) is 3.75. The fourth-order valence-electron chi connectivity index (χ4n) is 2.33. The Balaban J connectivity index is 1.88. The molecule has 1 aliphatic heterocycles. The molecule has 1 heterocycles. The first kappa shape index (κ1) is 16.0. The fraction of sp³-hybridized carbons (Fsp3) is 0.125. The number of halogens is 4. The van der Waals surface area contributed by atoms with Crippen molar-refractivity contribution in [2.24, 2.45) is 0 Å².